The molecule has 0 atom stereocenters. The summed E-state index contributed by atoms with van der Waals surface area (Å²) in [5, 5.41) is 11.4. The maximum absolute atomic E-state index is 6.00. The molecule has 90 valence electrons. The molecule has 0 saturated heterocycles. The van der Waals surface area contributed by atoms with E-state index in [-0.39, 0.29) is 0 Å². The van der Waals surface area contributed by atoms with E-state index in [0.29, 0.717) is 0 Å². The van der Waals surface area contributed by atoms with Crippen molar-refractivity contribution < 1.29 is 0 Å². The lowest BCUT2D eigenvalue weighted by Crippen LogP contribution is -2.04. The van der Waals surface area contributed by atoms with Gasteiger partial charge in [-0.05, 0) is 30.9 Å². The van der Waals surface area contributed by atoms with E-state index in [1.807, 2.05) is 12.1 Å². The predicted molar refractivity (Wildman–Crippen MR) is 71.0 cm³/mol. The highest BCUT2D eigenvalue weighted by Crippen LogP contribution is 2.33. The van der Waals surface area contributed by atoms with E-state index < -0.39 is 0 Å². The van der Waals surface area contributed by atoms with Gasteiger partial charge in [-0.1, -0.05) is 12.8 Å². The van der Waals surface area contributed by atoms with Crippen LogP contribution in [0, 0.1) is 5.92 Å². The number of aromatic nitrogens is 2. The SMILES string of the molecule is Nc1cc2cn[nH]c2cc1NCCCC1CC1. The van der Waals surface area contributed by atoms with Gasteiger partial charge in [0.05, 0.1) is 23.1 Å². The number of H-pyrrole nitrogens is 1. The Hall–Kier alpha value is -1.71. The van der Waals surface area contributed by atoms with Crippen LogP contribution in [0.5, 0.6) is 0 Å². The molecule has 0 spiro atoms. The molecule has 1 saturated carbocycles. The maximum Gasteiger partial charge on any atom is 0.0672 e. The van der Waals surface area contributed by atoms with Crippen LogP contribution in [0.25, 0.3) is 10.9 Å². The highest BCUT2D eigenvalue weighted by molar-refractivity contribution is 5.88. The van der Waals surface area contributed by atoms with E-state index >= 15 is 0 Å². The lowest BCUT2D eigenvalue weighted by molar-refractivity contribution is 0.687. The molecule has 1 aromatic carbocycles. The fourth-order valence-electron chi connectivity index (χ4n) is 2.18. The number of nitrogen functional groups attached to an aromatic ring is 1. The third-order valence-corrected chi connectivity index (χ3v) is 3.41. The molecule has 4 N–H and O–H groups in total. The van der Waals surface area contributed by atoms with Crippen LogP contribution in [0.15, 0.2) is 18.3 Å². The first-order chi connectivity index (χ1) is 8.33. The van der Waals surface area contributed by atoms with Crippen molar-refractivity contribution in [1.82, 2.24) is 10.2 Å². The summed E-state index contributed by atoms with van der Waals surface area (Å²) in [6, 6.07) is 4.00. The summed E-state index contributed by atoms with van der Waals surface area (Å²) < 4.78 is 0. The molecule has 4 nitrogen and oxygen atoms in total. The van der Waals surface area contributed by atoms with Gasteiger partial charge in [-0.25, -0.2) is 0 Å². The zero-order chi connectivity index (χ0) is 11.7. The number of aromatic amines is 1. The van der Waals surface area contributed by atoms with E-state index in [1.54, 1.807) is 6.20 Å². The van der Waals surface area contributed by atoms with Gasteiger partial charge in [-0.15, -0.1) is 0 Å². The first-order valence-corrected chi connectivity index (χ1v) is 6.29. The summed E-state index contributed by atoms with van der Waals surface area (Å²) in [4.78, 5) is 0. The van der Waals surface area contributed by atoms with Crippen molar-refractivity contribution in [2.75, 3.05) is 17.6 Å². The molecule has 1 aliphatic rings. The minimum Gasteiger partial charge on any atom is -0.397 e. The molecule has 1 aliphatic carbocycles. The smallest absolute Gasteiger partial charge is 0.0672 e. The number of nitrogens with one attached hydrogen (secondary N) is 2. The van der Waals surface area contributed by atoms with Crippen LogP contribution in [0.4, 0.5) is 11.4 Å². The average Bonchev–Trinajstić information content (AvgIpc) is 3.03. The Kier molecular flexibility index (Phi) is 2.63. The standard InChI is InChI=1S/C13H18N4/c14-11-6-10-8-16-17-12(10)7-13(11)15-5-1-2-9-3-4-9/h6-9,15H,1-5,14H2,(H,16,17). The fourth-order valence-corrected chi connectivity index (χ4v) is 2.18. The number of fused-ring (bicyclic) bond motifs is 1. The zero-order valence-electron chi connectivity index (χ0n) is 9.87. The molecule has 17 heavy (non-hydrogen) atoms. The first kappa shape index (κ1) is 10.4. The molecular weight excluding hydrogens is 212 g/mol. The Labute approximate surface area is 101 Å². The first-order valence-electron chi connectivity index (χ1n) is 6.29. The van der Waals surface area contributed by atoms with Gasteiger partial charge in [0, 0.05) is 11.9 Å². The molecule has 1 aromatic heterocycles. The average molecular weight is 230 g/mol. The van der Waals surface area contributed by atoms with Gasteiger partial charge in [0.1, 0.15) is 0 Å². The number of hydrogen-bond acceptors (Lipinski definition) is 3. The lowest BCUT2D eigenvalue weighted by Gasteiger charge is -2.09. The zero-order valence-corrected chi connectivity index (χ0v) is 9.87. The number of nitrogens with two attached hydrogens (primary N) is 1. The maximum atomic E-state index is 6.00. The van der Waals surface area contributed by atoms with Crippen molar-refractivity contribution in [1.29, 1.82) is 0 Å². The second kappa shape index (κ2) is 4.28. The van der Waals surface area contributed by atoms with Gasteiger partial charge in [0.15, 0.2) is 0 Å². The number of rotatable bonds is 5. The molecule has 0 aliphatic heterocycles. The fraction of sp³-hybridized carbons (Fsp3) is 0.462. The Morgan fingerprint density at radius 3 is 3.12 bits per heavy atom. The normalized spacial score (nSPS) is 15.3. The molecule has 1 heterocycles. The van der Waals surface area contributed by atoms with Crippen LogP contribution < -0.4 is 11.1 Å². The molecule has 1 fully saturated rings. The highest BCUT2D eigenvalue weighted by Gasteiger charge is 2.19. The molecular formula is C13H18N4. The van der Waals surface area contributed by atoms with Crippen molar-refractivity contribution in [2.45, 2.75) is 25.7 Å². The Morgan fingerprint density at radius 2 is 2.29 bits per heavy atom. The molecule has 0 unspecified atom stereocenters. The van der Waals surface area contributed by atoms with Gasteiger partial charge < -0.3 is 11.1 Å². The van der Waals surface area contributed by atoms with Crippen molar-refractivity contribution in [2.24, 2.45) is 5.92 Å². The summed E-state index contributed by atoms with van der Waals surface area (Å²) in [5.41, 5.74) is 8.84. The van der Waals surface area contributed by atoms with E-state index in [1.165, 1.54) is 25.7 Å². The molecule has 0 radical (unpaired) electrons. The van der Waals surface area contributed by atoms with Gasteiger partial charge in [0.2, 0.25) is 0 Å². The van der Waals surface area contributed by atoms with E-state index in [9.17, 15) is 0 Å². The van der Waals surface area contributed by atoms with E-state index in [0.717, 1.165) is 34.7 Å². The van der Waals surface area contributed by atoms with Crippen LogP contribution in [-0.2, 0) is 0 Å². The predicted octanol–water partition coefficient (Wildman–Crippen LogP) is 2.75. The number of anilines is 2. The van der Waals surface area contributed by atoms with E-state index in [2.05, 4.69) is 15.5 Å². The van der Waals surface area contributed by atoms with Crippen molar-refractivity contribution in [3.63, 3.8) is 0 Å². The van der Waals surface area contributed by atoms with E-state index in [4.69, 9.17) is 5.73 Å². The second-order valence-electron chi connectivity index (χ2n) is 4.91. The van der Waals surface area contributed by atoms with Gasteiger partial charge in [-0.3, -0.25) is 5.10 Å². The van der Waals surface area contributed by atoms with Gasteiger partial charge in [0.25, 0.3) is 0 Å². The Morgan fingerprint density at radius 1 is 1.41 bits per heavy atom. The monoisotopic (exact) mass is 230 g/mol. The molecule has 3 rings (SSSR count). The third-order valence-electron chi connectivity index (χ3n) is 3.41. The summed E-state index contributed by atoms with van der Waals surface area (Å²) in [7, 11) is 0. The summed E-state index contributed by atoms with van der Waals surface area (Å²) >= 11 is 0. The molecule has 0 amide bonds. The van der Waals surface area contributed by atoms with Crippen LogP contribution in [0.3, 0.4) is 0 Å². The topological polar surface area (TPSA) is 66.7 Å². The van der Waals surface area contributed by atoms with Crippen LogP contribution in [0.1, 0.15) is 25.7 Å². The van der Waals surface area contributed by atoms with Crippen LogP contribution >= 0.6 is 0 Å². The largest absolute Gasteiger partial charge is 0.397 e. The quantitative estimate of drug-likeness (QED) is 0.546. The van der Waals surface area contributed by atoms with Crippen LogP contribution in [-0.4, -0.2) is 16.7 Å². The summed E-state index contributed by atoms with van der Waals surface area (Å²) in [6.07, 6.45) is 7.23. The van der Waals surface area contributed by atoms with Crippen molar-refractivity contribution in [3.05, 3.63) is 18.3 Å². The second-order valence-corrected chi connectivity index (χ2v) is 4.91. The van der Waals surface area contributed by atoms with Gasteiger partial charge in [-0.2, -0.15) is 5.10 Å². The van der Waals surface area contributed by atoms with Crippen LogP contribution in [0.2, 0.25) is 0 Å². The lowest BCUT2D eigenvalue weighted by atomic mass is 10.2. The summed E-state index contributed by atoms with van der Waals surface area (Å²) in [5.74, 6) is 1.00. The Bertz CT molecular complexity index is 513. The minimum absolute atomic E-state index is 0.797. The number of hydrogen-bond donors (Lipinski definition) is 3. The van der Waals surface area contributed by atoms with Crippen molar-refractivity contribution in [3.8, 4) is 0 Å². The molecule has 2 aromatic rings. The highest BCUT2D eigenvalue weighted by atomic mass is 15.1. The minimum atomic E-state index is 0.797. The molecule has 0 bridgehead atoms. The Balaban J connectivity index is 1.63. The molecule has 4 heteroatoms. The third kappa shape index (κ3) is 2.35. The number of benzene rings is 1. The summed E-state index contributed by atoms with van der Waals surface area (Å²) in [6.45, 7) is 1.00. The number of nitrogens with zero attached hydrogens (tertiary/aromatic N) is 1. The van der Waals surface area contributed by atoms with Gasteiger partial charge >= 0.3 is 0 Å². The van der Waals surface area contributed by atoms with Crippen molar-refractivity contribution >= 4 is 22.3 Å².